The number of rotatable bonds is 15. The second-order valence-electron chi connectivity index (χ2n) is 13.1. The van der Waals surface area contributed by atoms with E-state index in [1.807, 2.05) is 54.6 Å². The van der Waals surface area contributed by atoms with E-state index in [2.05, 4.69) is 38.5 Å². The van der Waals surface area contributed by atoms with Crippen LogP contribution in [0.3, 0.4) is 0 Å². The van der Waals surface area contributed by atoms with E-state index in [9.17, 15) is 13.2 Å². The molecule has 2 aliphatic rings. The average Bonchev–Trinajstić information content (AvgIpc) is 3.86. The number of carbonyl (C=O) groups excluding carboxylic acids is 1. The molecule has 0 amide bonds. The fourth-order valence-electron chi connectivity index (χ4n) is 7.48. The van der Waals surface area contributed by atoms with E-state index in [-0.39, 0.29) is 24.4 Å². The number of nitrogens with zero attached hydrogens (tertiary/aromatic N) is 2. The summed E-state index contributed by atoms with van der Waals surface area (Å²) in [6.45, 7) is 2.56. The van der Waals surface area contributed by atoms with Crippen molar-refractivity contribution in [2.24, 2.45) is 0 Å². The fraction of sp³-hybridized carbons (Fsp3) is 0.325. The number of likely N-dealkylation sites (tertiary alicyclic amines) is 1. The number of halogens is 1. The second kappa shape index (κ2) is 15.6. The Labute approximate surface area is 304 Å². The zero-order valence-electron chi connectivity index (χ0n) is 28.5. The van der Waals surface area contributed by atoms with E-state index in [4.69, 9.17) is 25.8 Å². The number of fused-ring (bicyclic) bond motifs is 3. The summed E-state index contributed by atoms with van der Waals surface area (Å²) in [5, 5.41) is 1.61. The highest BCUT2D eigenvalue weighted by Gasteiger charge is 2.39. The van der Waals surface area contributed by atoms with Gasteiger partial charge in [0.05, 0.1) is 43.8 Å². The van der Waals surface area contributed by atoms with Gasteiger partial charge in [-0.2, -0.15) is 0 Å². The van der Waals surface area contributed by atoms with Crippen LogP contribution in [0.1, 0.15) is 45.2 Å². The first kappa shape index (κ1) is 35.2. The number of morpholine rings is 1. The van der Waals surface area contributed by atoms with E-state index in [1.54, 1.807) is 24.3 Å². The Kier molecular flexibility index (Phi) is 10.8. The summed E-state index contributed by atoms with van der Waals surface area (Å²) in [5.41, 5.74) is 5.71. The minimum absolute atomic E-state index is 0.0426. The third-order valence-electron chi connectivity index (χ3n) is 9.91. The molecule has 9 nitrogen and oxygen atoms in total. The number of carbonyl (C=O) groups is 1. The van der Waals surface area contributed by atoms with Gasteiger partial charge in [0.2, 0.25) is 10.0 Å². The normalized spacial score (nSPS) is 17.4. The number of sulfonamides is 1. The Morgan fingerprint density at radius 1 is 0.961 bits per heavy atom. The lowest BCUT2D eigenvalue weighted by atomic mass is 9.97. The molecule has 266 valence electrons. The number of methoxy groups -OCH3 is 1. The number of benzene rings is 4. The van der Waals surface area contributed by atoms with Crippen molar-refractivity contribution in [1.82, 2.24) is 14.2 Å². The Morgan fingerprint density at radius 3 is 2.29 bits per heavy atom. The number of aromatic nitrogens is 1. The quantitative estimate of drug-likeness (QED) is 0.127. The van der Waals surface area contributed by atoms with Gasteiger partial charge in [-0.15, -0.1) is 0 Å². The van der Waals surface area contributed by atoms with Crippen LogP contribution in [0.5, 0.6) is 5.75 Å². The van der Waals surface area contributed by atoms with Gasteiger partial charge >= 0.3 is 5.97 Å². The molecule has 2 atom stereocenters. The van der Waals surface area contributed by atoms with Crippen molar-refractivity contribution >= 4 is 38.5 Å². The van der Waals surface area contributed by atoms with Gasteiger partial charge in [-0.3, -0.25) is 4.90 Å². The Morgan fingerprint density at radius 2 is 1.67 bits per heavy atom. The van der Waals surface area contributed by atoms with Crippen molar-refractivity contribution in [1.29, 1.82) is 0 Å². The third kappa shape index (κ3) is 8.00. The zero-order valence-corrected chi connectivity index (χ0v) is 30.1. The van der Waals surface area contributed by atoms with Crippen molar-refractivity contribution < 1.29 is 27.4 Å². The van der Waals surface area contributed by atoms with E-state index in [1.165, 1.54) is 7.11 Å². The molecular formula is C40H42ClN3O6S. The van der Waals surface area contributed by atoms with Crippen LogP contribution in [0, 0.1) is 0 Å². The van der Waals surface area contributed by atoms with Crippen molar-refractivity contribution in [3.8, 4) is 5.75 Å². The molecule has 0 radical (unpaired) electrons. The highest BCUT2D eigenvalue weighted by Crippen LogP contribution is 2.38. The van der Waals surface area contributed by atoms with E-state index >= 15 is 0 Å². The van der Waals surface area contributed by atoms with E-state index in [0.29, 0.717) is 55.0 Å². The first-order valence-corrected chi connectivity index (χ1v) is 19.4. The summed E-state index contributed by atoms with van der Waals surface area (Å²) in [4.78, 5) is 14.2. The number of nitrogens with one attached hydrogen (secondary N) is 1. The molecule has 11 heteroatoms. The maximum atomic E-state index is 13.3. The number of hydrogen-bond acceptors (Lipinski definition) is 7. The summed E-state index contributed by atoms with van der Waals surface area (Å²) in [7, 11) is -2.18. The third-order valence-corrected chi connectivity index (χ3v) is 11.5. The molecule has 4 aromatic carbocycles. The SMILES string of the molecule is COC(=O)c1ccc(OCCc2c(CCNS(=O)(=O)CCN3C[C@@H]4C[C@H]3CO4)n(C(c3ccccc3)c3ccccc3)c3ccc(Cl)cc23)cc1. The van der Waals surface area contributed by atoms with Gasteiger partial charge in [0, 0.05) is 60.1 Å². The van der Waals surface area contributed by atoms with Crippen LogP contribution < -0.4 is 9.46 Å². The molecule has 51 heavy (non-hydrogen) atoms. The Bertz CT molecular complexity index is 2030. The van der Waals surface area contributed by atoms with Crippen LogP contribution in [-0.2, 0) is 32.3 Å². The largest absolute Gasteiger partial charge is 0.493 e. The maximum absolute atomic E-state index is 13.3. The summed E-state index contributed by atoms with van der Waals surface area (Å²) >= 11 is 6.64. The highest BCUT2D eigenvalue weighted by atomic mass is 35.5. The predicted molar refractivity (Wildman–Crippen MR) is 199 cm³/mol. The lowest BCUT2D eigenvalue weighted by Gasteiger charge is -2.26. The predicted octanol–water partition coefficient (Wildman–Crippen LogP) is 6.28. The molecule has 0 spiro atoms. The summed E-state index contributed by atoms with van der Waals surface area (Å²) in [6, 6.07) is 33.6. The van der Waals surface area contributed by atoms with Gasteiger partial charge in [0.15, 0.2) is 0 Å². The van der Waals surface area contributed by atoms with Gasteiger partial charge in [-0.25, -0.2) is 17.9 Å². The first-order chi connectivity index (χ1) is 24.8. The van der Waals surface area contributed by atoms with Gasteiger partial charge < -0.3 is 18.8 Å². The van der Waals surface area contributed by atoms with E-state index < -0.39 is 16.0 Å². The smallest absolute Gasteiger partial charge is 0.337 e. The van der Waals surface area contributed by atoms with Gasteiger partial charge in [-0.05, 0) is 65.6 Å². The van der Waals surface area contributed by atoms with Crippen molar-refractivity contribution in [2.75, 3.05) is 45.7 Å². The summed E-state index contributed by atoms with van der Waals surface area (Å²) in [6.07, 6.45) is 2.20. The fourth-order valence-corrected chi connectivity index (χ4v) is 8.68. The van der Waals surface area contributed by atoms with Gasteiger partial charge in [0.1, 0.15) is 5.75 Å². The molecule has 7 rings (SSSR count). The maximum Gasteiger partial charge on any atom is 0.337 e. The number of esters is 1. The van der Waals surface area contributed by atoms with Crippen LogP contribution in [-0.4, -0.2) is 81.7 Å². The molecule has 3 heterocycles. The van der Waals surface area contributed by atoms with Crippen LogP contribution >= 0.6 is 11.6 Å². The second-order valence-corrected chi connectivity index (χ2v) is 15.5. The zero-order chi connectivity index (χ0) is 35.4. The van der Waals surface area contributed by atoms with Crippen molar-refractivity contribution in [3.05, 3.63) is 136 Å². The van der Waals surface area contributed by atoms with Crippen LogP contribution in [0.4, 0.5) is 0 Å². The first-order valence-electron chi connectivity index (χ1n) is 17.3. The van der Waals surface area contributed by atoms with Crippen LogP contribution in [0.15, 0.2) is 103 Å². The molecule has 2 aliphatic heterocycles. The Hall–Kier alpha value is -4.19. The average molecular weight is 728 g/mol. The van der Waals surface area contributed by atoms with Crippen LogP contribution in [0.2, 0.25) is 5.02 Å². The van der Waals surface area contributed by atoms with Crippen LogP contribution in [0.25, 0.3) is 10.9 Å². The summed E-state index contributed by atoms with van der Waals surface area (Å²) < 4.78 is 48.6. The van der Waals surface area contributed by atoms with Gasteiger partial charge in [0.25, 0.3) is 0 Å². The van der Waals surface area contributed by atoms with Crippen molar-refractivity contribution in [3.63, 3.8) is 0 Å². The molecular weight excluding hydrogens is 686 g/mol. The highest BCUT2D eigenvalue weighted by molar-refractivity contribution is 7.89. The topological polar surface area (TPSA) is 99.1 Å². The molecule has 1 aromatic heterocycles. The molecule has 5 aromatic rings. The Balaban J connectivity index is 1.21. The molecule has 2 fully saturated rings. The number of ether oxygens (including phenoxy) is 3. The van der Waals surface area contributed by atoms with Gasteiger partial charge in [-0.1, -0.05) is 72.3 Å². The summed E-state index contributed by atoms with van der Waals surface area (Å²) in [5.74, 6) is 0.263. The minimum atomic E-state index is -3.53. The standard InChI is InChI=1S/C40H42ClN3O6S/c1-48-40(45)30-12-15-33(16-13-30)49-22-19-35-36-24-31(41)14-17-37(36)44(39(28-8-4-2-5-9-28)29-10-6-3-7-11-29)38(35)18-20-42-51(46,47)23-21-43-26-34-25-32(43)27-50-34/h2-17,24,32,34,39,42H,18-23,25-27H2,1H3/t32-,34-/m0/s1. The molecule has 2 bridgehead atoms. The lowest BCUT2D eigenvalue weighted by Crippen LogP contribution is -2.41. The van der Waals surface area contributed by atoms with E-state index in [0.717, 1.165) is 46.3 Å². The molecule has 2 saturated heterocycles. The number of hydrogen-bond donors (Lipinski definition) is 1. The molecule has 0 unspecified atom stereocenters. The molecule has 0 aliphatic carbocycles. The molecule has 1 N–H and O–H groups in total. The molecule has 0 saturated carbocycles. The lowest BCUT2D eigenvalue weighted by molar-refractivity contribution is 0.0332. The monoisotopic (exact) mass is 727 g/mol. The minimum Gasteiger partial charge on any atom is -0.493 e. The van der Waals surface area contributed by atoms with Crippen molar-refractivity contribution in [2.45, 2.75) is 37.5 Å².